The van der Waals surface area contributed by atoms with Crippen LogP contribution in [-0.2, 0) is 6.54 Å². The molecule has 1 N–H and O–H groups in total. The van der Waals surface area contributed by atoms with Crippen LogP contribution in [0.5, 0.6) is 5.75 Å². The SMILES string of the molecule is COc1cccc(CNC(=O)c2cc(C)nc(SC)n2)c1. The number of benzene rings is 1. The molecule has 5 nitrogen and oxygen atoms in total. The number of nitrogens with zero attached hydrogens (tertiary/aromatic N) is 2. The zero-order chi connectivity index (χ0) is 15.2. The number of carbonyl (C=O) groups excluding carboxylic acids is 1. The van der Waals surface area contributed by atoms with E-state index in [0.717, 1.165) is 17.0 Å². The minimum atomic E-state index is -0.210. The summed E-state index contributed by atoms with van der Waals surface area (Å²) in [5.41, 5.74) is 2.13. The van der Waals surface area contributed by atoms with E-state index in [2.05, 4.69) is 15.3 Å². The van der Waals surface area contributed by atoms with Crippen molar-refractivity contribution in [3.63, 3.8) is 0 Å². The predicted molar refractivity (Wildman–Crippen MR) is 82.7 cm³/mol. The Kier molecular flexibility index (Phi) is 5.16. The lowest BCUT2D eigenvalue weighted by molar-refractivity contribution is 0.0944. The van der Waals surface area contributed by atoms with Gasteiger partial charge in [-0.15, -0.1) is 0 Å². The molecule has 0 saturated heterocycles. The highest BCUT2D eigenvalue weighted by Crippen LogP contribution is 2.13. The van der Waals surface area contributed by atoms with Gasteiger partial charge in [0.25, 0.3) is 5.91 Å². The summed E-state index contributed by atoms with van der Waals surface area (Å²) < 4.78 is 5.16. The average Bonchev–Trinajstić information content (AvgIpc) is 2.52. The quantitative estimate of drug-likeness (QED) is 0.679. The third-order valence-corrected chi connectivity index (χ3v) is 3.38. The van der Waals surface area contributed by atoms with E-state index in [0.29, 0.717) is 17.4 Å². The van der Waals surface area contributed by atoms with Gasteiger partial charge in [-0.3, -0.25) is 4.79 Å². The Morgan fingerprint density at radius 3 is 2.86 bits per heavy atom. The van der Waals surface area contributed by atoms with Crippen LogP contribution in [0.2, 0.25) is 0 Å². The summed E-state index contributed by atoms with van der Waals surface area (Å²) in [5, 5.41) is 3.45. The minimum absolute atomic E-state index is 0.210. The number of aryl methyl sites for hydroxylation is 1. The van der Waals surface area contributed by atoms with E-state index in [1.54, 1.807) is 13.2 Å². The number of thioether (sulfide) groups is 1. The molecule has 1 heterocycles. The highest BCUT2D eigenvalue weighted by Gasteiger charge is 2.10. The second kappa shape index (κ2) is 7.08. The molecule has 2 rings (SSSR count). The summed E-state index contributed by atoms with van der Waals surface area (Å²) in [4.78, 5) is 20.6. The summed E-state index contributed by atoms with van der Waals surface area (Å²) in [6, 6.07) is 9.26. The zero-order valence-corrected chi connectivity index (χ0v) is 13.0. The largest absolute Gasteiger partial charge is 0.497 e. The molecule has 0 aliphatic rings. The van der Waals surface area contributed by atoms with Gasteiger partial charge in [-0.05, 0) is 36.9 Å². The maximum Gasteiger partial charge on any atom is 0.270 e. The van der Waals surface area contributed by atoms with Crippen LogP contribution >= 0.6 is 11.8 Å². The molecule has 21 heavy (non-hydrogen) atoms. The van der Waals surface area contributed by atoms with Gasteiger partial charge >= 0.3 is 0 Å². The van der Waals surface area contributed by atoms with Gasteiger partial charge in [-0.25, -0.2) is 9.97 Å². The summed E-state index contributed by atoms with van der Waals surface area (Å²) >= 11 is 1.42. The van der Waals surface area contributed by atoms with E-state index in [4.69, 9.17) is 4.74 Å². The normalized spacial score (nSPS) is 10.2. The molecule has 1 amide bonds. The van der Waals surface area contributed by atoms with Crippen molar-refractivity contribution in [1.29, 1.82) is 0 Å². The van der Waals surface area contributed by atoms with Crippen LogP contribution < -0.4 is 10.1 Å². The Balaban J connectivity index is 2.06. The van der Waals surface area contributed by atoms with Crippen molar-refractivity contribution >= 4 is 17.7 Å². The van der Waals surface area contributed by atoms with Crippen molar-refractivity contribution < 1.29 is 9.53 Å². The van der Waals surface area contributed by atoms with Gasteiger partial charge in [0.05, 0.1) is 7.11 Å². The Bertz CT molecular complexity index is 647. The van der Waals surface area contributed by atoms with E-state index >= 15 is 0 Å². The second-order valence-corrected chi connectivity index (χ2v) is 5.19. The fourth-order valence-electron chi connectivity index (χ4n) is 1.80. The molecule has 110 valence electrons. The first-order valence-corrected chi connectivity index (χ1v) is 7.65. The van der Waals surface area contributed by atoms with Crippen molar-refractivity contribution in [2.75, 3.05) is 13.4 Å². The number of hydrogen-bond donors (Lipinski definition) is 1. The molecule has 0 radical (unpaired) electrons. The van der Waals surface area contributed by atoms with Gasteiger partial charge in [0.2, 0.25) is 0 Å². The van der Waals surface area contributed by atoms with Crippen molar-refractivity contribution in [2.24, 2.45) is 0 Å². The Morgan fingerprint density at radius 1 is 1.33 bits per heavy atom. The highest BCUT2D eigenvalue weighted by atomic mass is 32.2. The molecule has 0 aliphatic carbocycles. The lowest BCUT2D eigenvalue weighted by Gasteiger charge is -2.07. The molecule has 0 unspecified atom stereocenters. The number of ether oxygens (including phenoxy) is 1. The number of carbonyl (C=O) groups is 1. The molecular formula is C15H17N3O2S. The van der Waals surface area contributed by atoms with E-state index < -0.39 is 0 Å². The van der Waals surface area contributed by atoms with Gasteiger partial charge in [-0.2, -0.15) is 0 Å². The lowest BCUT2D eigenvalue weighted by atomic mass is 10.2. The van der Waals surface area contributed by atoms with Gasteiger partial charge in [-0.1, -0.05) is 23.9 Å². The first-order chi connectivity index (χ1) is 10.1. The third-order valence-electron chi connectivity index (χ3n) is 2.84. The monoisotopic (exact) mass is 303 g/mol. The fraction of sp³-hybridized carbons (Fsp3) is 0.267. The smallest absolute Gasteiger partial charge is 0.270 e. The molecule has 0 bridgehead atoms. The van der Waals surface area contributed by atoms with Crippen LogP contribution in [0.4, 0.5) is 0 Å². The van der Waals surface area contributed by atoms with Crippen LogP contribution in [0.25, 0.3) is 0 Å². The first kappa shape index (κ1) is 15.3. The van der Waals surface area contributed by atoms with Crippen molar-refractivity contribution in [3.05, 3.63) is 47.3 Å². The average molecular weight is 303 g/mol. The van der Waals surface area contributed by atoms with Crippen LogP contribution in [0, 0.1) is 6.92 Å². The van der Waals surface area contributed by atoms with Crippen molar-refractivity contribution in [1.82, 2.24) is 15.3 Å². The maximum atomic E-state index is 12.2. The number of hydrogen-bond acceptors (Lipinski definition) is 5. The fourth-order valence-corrected chi connectivity index (χ4v) is 2.23. The van der Waals surface area contributed by atoms with E-state index in [-0.39, 0.29) is 5.91 Å². The molecule has 1 aromatic carbocycles. The molecule has 0 fully saturated rings. The van der Waals surface area contributed by atoms with E-state index in [9.17, 15) is 4.79 Å². The minimum Gasteiger partial charge on any atom is -0.497 e. The van der Waals surface area contributed by atoms with Gasteiger partial charge in [0.1, 0.15) is 11.4 Å². The molecule has 0 aliphatic heterocycles. The third kappa shape index (κ3) is 4.19. The van der Waals surface area contributed by atoms with Crippen LogP contribution in [0.3, 0.4) is 0 Å². The number of amides is 1. The summed E-state index contributed by atoms with van der Waals surface area (Å²) in [6.07, 6.45) is 1.88. The Morgan fingerprint density at radius 2 is 2.14 bits per heavy atom. The summed E-state index contributed by atoms with van der Waals surface area (Å²) in [7, 11) is 1.62. The molecular weight excluding hydrogens is 286 g/mol. The van der Waals surface area contributed by atoms with Crippen LogP contribution in [0.1, 0.15) is 21.7 Å². The van der Waals surface area contributed by atoms with E-state index in [1.165, 1.54) is 11.8 Å². The summed E-state index contributed by atoms with van der Waals surface area (Å²) in [5.74, 6) is 0.558. The van der Waals surface area contributed by atoms with Gasteiger partial charge < -0.3 is 10.1 Å². The zero-order valence-electron chi connectivity index (χ0n) is 12.2. The number of methoxy groups -OCH3 is 1. The number of nitrogens with one attached hydrogen (secondary N) is 1. The molecule has 0 saturated carbocycles. The maximum absolute atomic E-state index is 12.2. The van der Waals surface area contributed by atoms with Gasteiger partial charge in [0, 0.05) is 12.2 Å². The molecule has 1 aromatic heterocycles. The highest BCUT2D eigenvalue weighted by molar-refractivity contribution is 7.98. The summed E-state index contributed by atoms with van der Waals surface area (Å²) in [6.45, 7) is 2.27. The number of aromatic nitrogens is 2. The topological polar surface area (TPSA) is 64.1 Å². The van der Waals surface area contributed by atoms with Gasteiger partial charge in [0.15, 0.2) is 5.16 Å². The molecule has 0 spiro atoms. The van der Waals surface area contributed by atoms with Crippen LogP contribution in [0.15, 0.2) is 35.5 Å². The molecule has 0 atom stereocenters. The number of rotatable bonds is 5. The first-order valence-electron chi connectivity index (χ1n) is 6.43. The van der Waals surface area contributed by atoms with E-state index in [1.807, 2.05) is 37.4 Å². The Hall–Kier alpha value is -2.08. The molecule has 2 aromatic rings. The van der Waals surface area contributed by atoms with Crippen LogP contribution in [-0.4, -0.2) is 29.2 Å². The standard InChI is InChI=1S/C15H17N3O2S/c1-10-7-13(18-15(17-10)21-3)14(19)16-9-11-5-4-6-12(8-11)20-2/h4-8H,9H2,1-3H3,(H,16,19). The lowest BCUT2D eigenvalue weighted by Crippen LogP contribution is -2.24. The second-order valence-electron chi connectivity index (χ2n) is 4.42. The molecule has 6 heteroatoms. The van der Waals surface area contributed by atoms with Crippen molar-refractivity contribution in [2.45, 2.75) is 18.6 Å². The van der Waals surface area contributed by atoms with Crippen molar-refractivity contribution in [3.8, 4) is 5.75 Å². The Labute approximate surface area is 128 Å². The predicted octanol–water partition coefficient (Wildman–Crippen LogP) is 2.45.